The summed E-state index contributed by atoms with van der Waals surface area (Å²) in [6.45, 7) is 0. The smallest absolute Gasteiger partial charge is 0.320 e. The minimum absolute atomic E-state index is 0.160. The highest BCUT2D eigenvalue weighted by atomic mass is 16.5. The van der Waals surface area contributed by atoms with Crippen LogP contribution in [0.25, 0.3) is 0 Å². The zero-order valence-corrected chi connectivity index (χ0v) is 13.8. The van der Waals surface area contributed by atoms with Gasteiger partial charge in [-0.2, -0.15) is 5.26 Å². The van der Waals surface area contributed by atoms with Crippen molar-refractivity contribution in [2.24, 2.45) is 5.92 Å². The number of amides is 2. The first kappa shape index (κ1) is 15.5. The summed E-state index contributed by atoms with van der Waals surface area (Å²) < 4.78 is 5.30. The van der Waals surface area contributed by atoms with Crippen molar-refractivity contribution < 1.29 is 9.53 Å². The van der Waals surface area contributed by atoms with E-state index in [4.69, 9.17) is 10.00 Å². The van der Waals surface area contributed by atoms with Crippen LogP contribution in [0.3, 0.4) is 0 Å². The van der Waals surface area contributed by atoms with Crippen LogP contribution in [0.1, 0.15) is 29.0 Å². The number of aryl methyl sites for hydroxylation is 1. The first-order chi connectivity index (χ1) is 12.2. The van der Waals surface area contributed by atoms with E-state index in [1.807, 2.05) is 12.1 Å². The van der Waals surface area contributed by atoms with Crippen molar-refractivity contribution in [3.05, 3.63) is 53.2 Å². The molecule has 0 aliphatic heterocycles. The Morgan fingerprint density at radius 2 is 2.24 bits per heavy atom. The van der Waals surface area contributed by atoms with Crippen molar-refractivity contribution in [1.82, 2.24) is 10.3 Å². The number of nitrogens with zero attached hydrogens (tertiary/aromatic N) is 2. The number of nitriles is 1. The van der Waals surface area contributed by atoms with E-state index in [9.17, 15) is 4.79 Å². The van der Waals surface area contributed by atoms with E-state index < -0.39 is 0 Å². The van der Waals surface area contributed by atoms with E-state index in [2.05, 4.69) is 27.8 Å². The Morgan fingerprint density at radius 3 is 2.96 bits per heavy atom. The summed E-state index contributed by atoms with van der Waals surface area (Å²) >= 11 is 0. The number of carbonyl (C=O) groups is 1. The molecule has 2 aromatic rings. The molecule has 2 amide bonds. The number of rotatable bonds is 3. The van der Waals surface area contributed by atoms with Crippen molar-refractivity contribution in [2.45, 2.75) is 24.8 Å². The van der Waals surface area contributed by atoms with Gasteiger partial charge in [0.25, 0.3) is 0 Å². The van der Waals surface area contributed by atoms with Gasteiger partial charge in [0.15, 0.2) is 0 Å². The van der Waals surface area contributed by atoms with Crippen LogP contribution in [0.4, 0.5) is 10.6 Å². The molecule has 2 N–H and O–H groups in total. The minimum Gasteiger partial charge on any atom is -0.497 e. The molecule has 2 aliphatic carbocycles. The average Bonchev–Trinajstić information content (AvgIpc) is 3.34. The molecule has 1 aromatic heterocycles. The molecule has 4 rings (SSSR count). The van der Waals surface area contributed by atoms with Crippen LogP contribution >= 0.6 is 0 Å². The van der Waals surface area contributed by atoms with Gasteiger partial charge in [-0.15, -0.1) is 0 Å². The summed E-state index contributed by atoms with van der Waals surface area (Å²) in [6, 6.07) is 11.4. The maximum Gasteiger partial charge on any atom is 0.320 e. The second kappa shape index (κ2) is 6.10. The van der Waals surface area contributed by atoms with Crippen LogP contribution < -0.4 is 15.4 Å². The number of hydrogen-bond acceptors (Lipinski definition) is 4. The number of ether oxygens (including phenoxy) is 1. The van der Waals surface area contributed by atoms with Crippen LogP contribution in [0.2, 0.25) is 0 Å². The molecular formula is C19H18N4O2. The predicted molar refractivity (Wildman–Crippen MR) is 92.4 cm³/mol. The summed E-state index contributed by atoms with van der Waals surface area (Å²) in [6.07, 6.45) is 3.53. The first-order valence-electron chi connectivity index (χ1n) is 8.30. The summed E-state index contributed by atoms with van der Waals surface area (Å²) in [5.41, 5.74) is 3.10. The molecule has 1 unspecified atom stereocenters. The molecule has 25 heavy (non-hydrogen) atoms. The fourth-order valence-corrected chi connectivity index (χ4v) is 3.76. The van der Waals surface area contributed by atoms with Crippen molar-refractivity contribution in [2.75, 3.05) is 12.4 Å². The van der Waals surface area contributed by atoms with Crippen molar-refractivity contribution in [1.29, 1.82) is 5.26 Å². The van der Waals surface area contributed by atoms with Crippen molar-refractivity contribution in [3.63, 3.8) is 0 Å². The lowest BCUT2D eigenvalue weighted by Crippen LogP contribution is -2.32. The minimum atomic E-state index is -0.258. The molecule has 0 radical (unpaired) electrons. The van der Waals surface area contributed by atoms with Crippen molar-refractivity contribution >= 4 is 11.8 Å². The van der Waals surface area contributed by atoms with Gasteiger partial charge < -0.3 is 10.1 Å². The number of anilines is 1. The molecule has 6 heteroatoms. The summed E-state index contributed by atoms with van der Waals surface area (Å²) in [7, 11) is 1.68. The maximum atomic E-state index is 12.2. The molecule has 1 saturated carbocycles. The van der Waals surface area contributed by atoms with Gasteiger partial charge >= 0.3 is 6.03 Å². The number of carbonyl (C=O) groups excluding carboxylic acids is 1. The van der Waals surface area contributed by atoms with Crippen molar-refractivity contribution in [3.8, 4) is 11.8 Å². The summed E-state index contributed by atoms with van der Waals surface area (Å²) in [5.74, 6) is 2.20. The molecule has 126 valence electrons. The van der Waals surface area contributed by atoms with Crippen LogP contribution in [0.5, 0.6) is 5.75 Å². The Morgan fingerprint density at radius 1 is 1.36 bits per heavy atom. The third-order valence-corrected chi connectivity index (χ3v) is 5.06. The molecule has 1 fully saturated rings. The van der Waals surface area contributed by atoms with Crippen LogP contribution in [-0.2, 0) is 6.42 Å². The number of fused-ring (bicyclic) bond motifs is 3. The molecule has 3 atom stereocenters. The van der Waals surface area contributed by atoms with E-state index in [-0.39, 0.29) is 12.1 Å². The highest BCUT2D eigenvalue weighted by molar-refractivity contribution is 5.88. The number of pyridine rings is 1. The van der Waals surface area contributed by atoms with Gasteiger partial charge in [0.05, 0.1) is 12.7 Å². The van der Waals surface area contributed by atoms with E-state index in [0.717, 1.165) is 18.6 Å². The zero-order chi connectivity index (χ0) is 17.4. The lowest BCUT2D eigenvalue weighted by molar-refractivity contribution is 0.251. The molecule has 0 saturated heterocycles. The molecule has 0 spiro atoms. The van der Waals surface area contributed by atoms with E-state index in [1.165, 1.54) is 17.3 Å². The second-order valence-electron chi connectivity index (χ2n) is 6.46. The van der Waals surface area contributed by atoms with Gasteiger partial charge in [-0.1, -0.05) is 6.07 Å². The number of methoxy groups -OCH3 is 1. The standard InChI is InChI=1S/C19H18N4O2/c1-25-13-4-6-14-12(8-13)3-5-15-17(14)18(15)23-19(24)22-16-7-2-11(9-20)10-21-16/h2,4,6-8,10,15,17-18H,3,5H2,1H3,(H2,21,22,23,24)/t15-,17+,18?/m0/s1. The first-order valence-corrected chi connectivity index (χ1v) is 8.30. The monoisotopic (exact) mass is 334 g/mol. The highest BCUT2D eigenvalue weighted by Gasteiger charge is 2.54. The summed E-state index contributed by atoms with van der Waals surface area (Å²) in [4.78, 5) is 16.3. The number of nitrogens with one attached hydrogen (secondary N) is 2. The molecule has 0 bridgehead atoms. The number of aromatic nitrogens is 1. The second-order valence-corrected chi connectivity index (χ2v) is 6.46. The third kappa shape index (κ3) is 2.89. The highest BCUT2D eigenvalue weighted by Crippen LogP contribution is 2.55. The van der Waals surface area contributed by atoms with Crippen LogP contribution in [0.15, 0.2) is 36.5 Å². The van der Waals surface area contributed by atoms with Crippen LogP contribution in [0, 0.1) is 17.2 Å². The molecule has 1 aromatic carbocycles. The topological polar surface area (TPSA) is 87.0 Å². The lowest BCUT2D eigenvalue weighted by Gasteiger charge is -2.15. The number of benzene rings is 1. The van der Waals surface area contributed by atoms with Gasteiger partial charge in [-0.25, -0.2) is 9.78 Å². The third-order valence-electron chi connectivity index (χ3n) is 5.06. The normalized spacial score (nSPS) is 22.8. The van der Waals surface area contributed by atoms with Gasteiger partial charge in [0.2, 0.25) is 0 Å². The fraction of sp³-hybridized carbons (Fsp3) is 0.316. The van der Waals surface area contributed by atoms with Gasteiger partial charge in [0.1, 0.15) is 17.6 Å². The number of urea groups is 1. The Labute approximate surface area is 145 Å². The fourth-order valence-electron chi connectivity index (χ4n) is 3.76. The number of hydrogen-bond donors (Lipinski definition) is 2. The average molecular weight is 334 g/mol. The quantitative estimate of drug-likeness (QED) is 0.903. The zero-order valence-electron chi connectivity index (χ0n) is 13.8. The molecule has 6 nitrogen and oxygen atoms in total. The van der Waals surface area contributed by atoms with E-state index in [1.54, 1.807) is 19.2 Å². The maximum absolute atomic E-state index is 12.2. The van der Waals surface area contributed by atoms with E-state index >= 15 is 0 Å². The Balaban J connectivity index is 1.40. The Hall–Kier alpha value is -3.07. The molecule has 1 heterocycles. The van der Waals surface area contributed by atoms with Crippen LogP contribution in [-0.4, -0.2) is 24.2 Å². The lowest BCUT2D eigenvalue weighted by atomic mass is 9.92. The Bertz CT molecular complexity index is 857. The van der Waals surface area contributed by atoms with Gasteiger partial charge in [-0.05, 0) is 54.2 Å². The molecule has 2 aliphatic rings. The van der Waals surface area contributed by atoms with Gasteiger partial charge in [-0.3, -0.25) is 5.32 Å². The van der Waals surface area contributed by atoms with E-state index in [0.29, 0.717) is 23.2 Å². The summed E-state index contributed by atoms with van der Waals surface area (Å²) in [5, 5.41) is 14.6. The SMILES string of the molecule is COc1ccc2c(c1)CC[C@@H]1C(NC(=O)Nc3ccc(C#N)cn3)[C@H]21. The predicted octanol–water partition coefficient (Wildman–Crippen LogP) is 2.81. The Kier molecular flexibility index (Phi) is 3.77. The van der Waals surface area contributed by atoms with Gasteiger partial charge in [0, 0.05) is 18.2 Å². The molecular weight excluding hydrogens is 316 g/mol. The largest absolute Gasteiger partial charge is 0.497 e.